The number of ether oxygens (including phenoxy) is 4. The Hall–Kier alpha value is -5.04. The summed E-state index contributed by atoms with van der Waals surface area (Å²) in [5.74, 6) is -7.43. The van der Waals surface area contributed by atoms with Crippen molar-refractivity contribution < 1.29 is 68.5 Å². The summed E-state index contributed by atoms with van der Waals surface area (Å²) >= 11 is 5.97. The first-order valence-electron chi connectivity index (χ1n) is 17.8. The van der Waals surface area contributed by atoms with Crippen molar-refractivity contribution in [2.75, 3.05) is 21.3 Å². The minimum atomic E-state index is -3.26. The summed E-state index contributed by atoms with van der Waals surface area (Å²) in [7, 11) is 3.59. The molecule has 16 nitrogen and oxygen atoms in total. The average molecular weight is 807 g/mol. The van der Waals surface area contributed by atoms with Crippen molar-refractivity contribution in [3.05, 3.63) is 103 Å². The van der Waals surface area contributed by atoms with Gasteiger partial charge in [-0.25, -0.2) is 0 Å². The molecule has 8 atom stereocenters. The first-order valence-corrected chi connectivity index (χ1v) is 18.2. The number of fused-ring (bicyclic) bond motifs is 5. The Bertz CT molecular complexity index is 2290. The molecule has 3 aliphatic carbocycles. The van der Waals surface area contributed by atoms with E-state index in [0.29, 0.717) is 10.6 Å². The highest BCUT2D eigenvalue weighted by Gasteiger charge is 2.72. The van der Waals surface area contributed by atoms with Gasteiger partial charge in [0.25, 0.3) is 5.91 Å². The lowest BCUT2D eigenvalue weighted by molar-refractivity contribution is -0.236. The van der Waals surface area contributed by atoms with Gasteiger partial charge >= 0.3 is 0 Å². The van der Waals surface area contributed by atoms with E-state index in [2.05, 4.69) is 10.6 Å². The van der Waals surface area contributed by atoms with Crippen molar-refractivity contribution in [3.63, 3.8) is 0 Å². The molecule has 1 heterocycles. The number of hydrogen-bond donors (Lipinski definition) is 7. The van der Waals surface area contributed by atoms with Gasteiger partial charge in [0.2, 0.25) is 17.3 Å². The normalized spacial score (nSPS) is 29.2. The fourth-order valence-electron chi connectivity index (χ4n) is 8.65. The van der Waals surface area contributed by atoms with Gasteiger partial charge in [-0.2, -0.15) is 0 Å². The Kier molecular flexibility index (Phi) is 10.2. The maximum atomic E-state index is 14.9. The molecule has 300 valence electrons. The van der Waals surface area contributed by atoms with E-state index in [1.807, 2.05) is 0 Å². The van der Waals surface area contributed by atoms with E-state index in [1.165, 1.54) is 27.2 Å². The Morgan fingerprint density at radius 2 is 1.61 bits per heavy atom. The molecule has 0 bridgehead atoms. The van der Waals surface area contributed by atoms with E-state index in [-0.39, 0.29) is 28.9 Å². The van der Waals surface area contributed by atoms with Gasteiger partial charge in [-0.15, -0.1) is 0 Å². The molecule has 1 aliphatic heterocycles. The molecule has 3 aromatic carbocycles. The molecule has 0 aromatic heterocycles. The lowest BCUT2D eigenvalue weighted by Crippen LogP contribution is -2.73. The third-order valence-corrected chi connectivity index (χ3v) is 11.6. The van der Waals surface area contributed by atoms with Crippen LogP contribution in [-0.4, -0.2) is 118 Å². The number of hydrogen-bond acceptors (Lipinski definition) is 15. The highest BCUT2D eigenvalue weighted by atomic mass is 35.5. The van der Waals surface area contributed by atoms with E-state index < -0.39 is 123 Å². The summed E-state index contributed by atoms with van der Waals surface area (Å²) in [6.45, 7) is 3.10. The SMILES string of the molecule is CO[C@@H]1[C@@H](O)[C@@H](OC)[C@@H](NC2=CC(=O)c3c(cc4c(c3O)C(=O)C3(OC)[C@H](O)Cc5cc(C)c(C(=O)NCc6ccc(Cl)cc6)c(O)c5C3(O)C4=O)C2=O)O[C@H]1C. The number of aliphatic hydroxyl groups is 3. The first kappa shape index (κ1) is 40.2. The van der Waals surface area contributed by atoms with Crippen molar-refractivity contribution in [3.8, 4) is 11.5 Å². The van der Waals surface area contributed by atoms with Crippen LogP contribution in [0.1, 0.15) is 81.0 Å². The van der Waals surface area contributed by atoms with Crippen molar-refractivity contribution >= 4 is 40.6 Å². The van der Waals surface area contributed by atoms with Crippen LogP contribution in [0, 0.1) is 6.92 Å². The maximum absolute atomic E-state index is 14.9. The van der Waals surface area contributed by atoms with Crippen LogP contribution in [0.4, 0.5) is 0 Å². The molecule has 0 radical (unpaired) electrons. The number of amides is 1. The van der Waals surface area contributed by atoms with Crippen LogP contribution in [0.3, 0.4) is 0 Å². The zero-order chi connectivity index (χ0) is 41.5. The van der Waals surface area contributed by atoms with Crippen LogP contribution in [0.5, 0.6) is 11.5 Å². The summed E-state index contributed by atoms with van der Waals surface area (Å²) in [6, 6.07) is 8.82. The number of aryl methyl sites for hydroxylation is 1. The van der Waals surface area contributed by atoms with Gasteiger partial charge in [0.05, 0.1) is 34.6 Å². The van der Waals surface area contributed by atoms with E-state index in [0.717, 1.165) is 19.3 Å². The second-order valence-corrected chi connectivity index (χ2v) is 14.8. The Balaban J connectivity index is 1.32. The predicted molar refractivity (Wildman–Crippen MR) is 197 cm³/mol. The Morgan fingerprint density at radius 1 is 0.947 bits per heavy atom. The number of carbonyl (C=O) groups excluding carboxylic acids is 5. The standard InChI is InChI=1S/C40H39ClN2O14/c1-15-10-18-11-24(45)40(56-5)36(51)27-21(35(50)39(40,53)28(18)31(48)25(15)37(52)42-14-17-6-8-19(41)9-7-17)12-20-26(30(27)47)23(44)13-22(29(20)46)43-38-34(55-4)32(49)33(54-3)16(2)57-38/h6-10,12-13,16,24,32-34,38,43,45,47-49,53H,11,14H2,1-5H3,(H,42,52)/t16-,24+,32+,33-,34+,38-,39?,40?/m0/s1. The molecule has 1 saturated heterocycles. The highest BCUT2D eigenvalue weighted by molar-refractivity contribution is 6.31. The van der Waals surface area contributed by atoms with Crippen LogP contribution in [0.15, 0.2) is 48.2 Å². The topological polar surface area (TPSA) is 247 Å². The lowest BCUT2D eigenvalue weighted by Gasteiger charge is -2.53. The van der Waals surface area contributed by atoms with E-state index >= 15 is 0 Å². The van der Waals surface area contributed by atoms with Crippen LogP contribution in [-0.2, 0) is 37.5 Å². The molecule has 0 saturated carbocycles. The number of phenolic OH excluding ortho intramolecular Hbond substituents is 2. The largest absolute Gasteiger partial charge is 0.507 e. The second-order valence-electron chi connectivity index (χ2n) is 14.4. The van der Waals surface area contributed by atoms with Crippen molar-refractivity contribution in [2.45, 2.75) is 74.8 Å². The van der Waals surface area contributed by atoms with Gasteiger partial charge in [0.15, 0.2) is 23.2 Å². The van der Waals surface area contributed by atoms with Gasteiger partial charge in [-0.05, 0) is 48.7 Å². The van der Waals surface area contributed by atoms with Crippen LogP contribution < -0.4 is 10.6 Å². The van der Waals surface area contributed by atoms with E-state index in [4.69, 9.17) is 30.5 Å². The summed E-state index contributed by atoms with van der Waals surface area (Å²) in [5, 5.41) is 64.5. The number of Topliss-reactive ketones (excluding diaryl/α,β-unsaturated/α-hetero) is 3. The number of rotatable bonds is 8. The van der Waals surface area contributed by atoms with E-state index in [1.54, 1.807) is 31.2 Å². The van der Waals surface area contributed by atoms with Crippen molar-refractivity contribution in [1.82, 2.24) is 10.6 Å². The molecule has 3 aromatic rings. The number of benzene rings is 3. The predicted octanol–water partition coefficient (Wildman–Crippen LogP) is 1.55. The van der Waals surface area contributed by atoms with Crippen molar-refractivity contribution in [2.24, 2.45) is 0 Å². The number of nitrogens with one attached hydrogen (secondary N) is 2. The van der Waals surface area contributed by atoms with Gasteiger partial charge in [-0.3, -0.25) is 24.0 Å². The highest BCUT2D eigenvalue weighted by Crippen LogP contribution is 2.56. The van der Waals surface area contributed by atoms with Gasteiger partial charge in [-0.1, -0.05) is 29.8 Å². The third-order valence-electron chi connectivity index (χ3n) is 11.4. The molecule has 1 fully saturated rings. The molecule has 4 aliphatic rings. The summed E-state index contributed by atoms with van der Waals surface area (Å²) in [4.78, 5) is 70.8. The summed E-state index contributed by atoms with van der Waals surface area (Å²) in [6.07, 6.45) is -6.62. The maximum Gasteiger partial charge on any atom is 0.255 e. The molecule has 17 heteroatoms. The summed E-state index contributed by atoms with van der Waals surface area (Å²) in [5.41, 5.74) is -9.40. The van der Waals surface area contributed by atoms with Crippen LogP contribution in [0.2, 0.25) is 5.02 Å². The van der Waals surface area contributed by atoms with E-state index in [9.17, 15) is 49.5 Å². The number of aliphatic hydroxyl groups excluding tert-OH is 2. The van der Waals surface area contributed by atoms with Crippen LogP contribution in [0.25, 0.3) is 0 Å². The quantitative estimate of drug-likeness (QED) is 0.171. The third kappa shape index (κ3) is 5.73. The number of methoxy groups -OCH3 is 3. The lowest BCUT2D eigenvalue weighted by atomic mass is 9.56. The number of allylic oxidation sites excluding steroid dienone is 2. The number of ketones is 4. The van der Waals surface area contributed by atoms with Crippen molar-refractivity contribution in [1.29, 1.82) is 0 Å². The zero-order valence-electron chi connectivity index (χ0n) is 31.2. The molecule has 0 spiro atoms. The molecule has 7 rings (SSSR count). The number of aromatic hydroxyl groups is 2. The molecule has 2 unspecified atom stereocenters. The number of halogens is 1. The molecular weight excluding hydrogens is 768 g/mol. The number of phenols is 2. The smallest absolute Gasteiger partial charge is 0.255 e. The van der Waals surface area contributed by atoms with Crippen LogP contribution >= 0.6 is 11.6 Å². The fourth-order valence-corrected chi connectivity index (χ4v) is 8.77. The molecule has 57 heavy (non-hydrogen) atoms. The minimum absolute atomic E-state index is 0.00156. The minimum Gasteiger partial charge on any atom is -0.507 e. The Morgan fingerprint density at radius 3 is 2.25 bits per heavy atom. The fraction of sp³-hybridized carbons (Fsp3) is 0.375. The first-order chi connectivity index (χ1) is 27.0. The van der Waals surface area contributed by atoms with Gasteiger partial charge < -0.3 is 55.1 Å². The van der Waals surface area contributed by atoms with Gasteiger partial charge in [0.1, 0.15) is 29.8 Å². The Labute approximate surface area is 329 Å². The molecule has 1 amide bonds. The molecular formula is C40H39ClN2O14. The summed E-state index contributed by atoms with van der Waals surface area (Å²) < 4.78 is 22.2. The van der Waals surface area contributed by atoms with Gasteiger partial charge in [0, 0.05) is 62.1 Å². The average Bonchev–Trinajstić information content (AvgIpc) is 3.15. The zero-order valence-corrected chi connectivity index (χ0v) is 32.0. The molecule has 7 N–H and O–H groups in total. The number of carbonyl (C=O) groups is 5. The monoisotopic (exact) mass is 806 g/mol. The second kappa shape index (κ2) is 14.4.